The van der Waals surface area contributed by atoms with E-state index in [4.69, 9.17) is 15.2 Å². The van der Waals surface area contributed by atoms with Gasteiger partial charge in [-0.2, -0.15) is 0 Å². The number of hydrogen-bond acceptors (Lipinski definition) is 5. The Morgan fingerprint density at radius 2 is 1.61 bits per heavy atom. The monoisotopic (exact) mass is 398 g/mol. The van der Waals surface area contributed by atoms with Crippen molar-refractivity contribution in [2.24, 2.45) is 0 Å². The van der Waals surface area contributed by atoms with Gasteiger partial charge in [-0.1, -0.05) is 48.0 Å². The number of nitrogens with one attached hydrogen (secondary N) is 1. The number of rotatable bonds is 7. The molecule has 28 heavy (non-hydrogen) atoms. The molecule has 0 bridgehead atoms. The maximum absolute atomic E-state index is 12.8. The number of benzene rings is 3. The average Bonchev–Trinajstić information content (AvgIpc) is 2.69. The number of anilines is 2. The van der Waals surface area contributed by atoms with Gasteiger partial charge in [0.25, 0.3) is 10.0 Å². The van der Waals surface area contributed by atoms with Gasteiger partial charge in [-0.25, -0.2) is 8.42 Å². The zero-order chi connectivity index (χ0) is 20.1. The van der Waals surface area contributed by atoms with E-state index in [1.54, 1.807) is 36.4 Å². The van der Waals surface area contributed by atoms with Crippen molar-refractivity contribution in [3.8, 4) is 11.5 Å². The highest BCUT2D eigenvalue weighted by Gasteiger charge is 2.20. The second-order valence-electron chi connectivity index (χ2n) is 6.26. The van der Waals surface area contributed by atoms with E-state index in [1.165, 1.54) is 7.11 Å². The zero-order valence-corrected chi connectivity index (χ0v) is 16.5. The van der Waals surface area contributed by atoms with Crippen molar-refractivity contribution in [1.82, 2.24) is 0 Å². The Bertz CT molecular complexity index is 1050. The van der Waals surface area contributed by atoms with Crippen molar-refractivity contribution < 1.29 is 17.9 Å². The summed E-state index contributed by atoms with van der Waals surface area (Å²) >= 11 is 0. The van der Waals surface area contributed by atoms with Crippen LogP contribution < -0.4 is 19.9 Å². The molecule has 3 aromatic carbocycles. The van der Waals surface area contributed by atoms with E-state index in [0.717, 1.165) is 11.1 Å². The zero-order valence-electron chi connectivity index (χ0n) is 15.7. The average molecular weight is 398 g/mol. The van der Waals surface area contributed by atoms with Crippen molar-refractivity contribution in [2.75, 3.05) is 17.6 Å². The molecule has 3 rings (SSSR count). The van der Waals surface area contributed by atoms with Crippen LogP contribution in [0.15, 0.2) is 71.6 Å². The van der Waals surface area contributed by atoms with Crippen LogP contribution in [0.1, 0.15) is 11.1 Å². The predicted molar refractivity (Wildman–Crippen MR) is 110 cm³/mol. The van der Waals surface area contributed by atoms with Gasteiger partial charge in [0.05, 0.1) is 23.4 Å². The van der Waals surface area contributed by atoms with E-state index in [-0.39, 0.29) is 28.7 Å². The first kappa shape index (κ1) is 19.6. The number of aryl methyl sites for hydroxylation is 1. The molecule has 6 nitrogen and oxygen atoms in total. The molecule has 0 spiro atoms. The number of hydrogen-bond donors (Lipinski definition) is 2. The molecule has 146 valence electrons. The molecule has 0 saturated heterocycles. The number of nitrogen functional groups attached to an aromatic ring is 1. The maximum Gasteiger partial charge on any atom is 0.262 e. The standard InChI is InChI=1S/C21H22N2O4S/c1-15-8-10-17(11-9-15)28(24,25)23-19-13-12-18(22)20(26-2)21(19)27-14-16-6-4-3-5-7-16/h3-13,23H,14,22H2,1-2H3. The van der Waals surface area contributed by atoms with Gasteiger partial charge in [0.1, 0.15) is 6.61 Å². The second-order valence-corrected chi connectivity index (χ2v) is 7.94. The van der Waals surface area contributed by atoms with Gasteiger partial charge in [0.2, 0.25) is 0 Å². The van der Waals surface area contributed by atoms with Crippen LogP contribution in [0.2, 0.25) is 0 Å². The summed E-state index contributed by atoms with van der Waals surface area (Å²) in [4.78, 5) is 0.155. The summed E-state index contributed by atoms with van der Waals surface area (Å²) in [5.41, 5.74) is 8.48. The molecule has 0 aliphatic rings. The van der Waals surface area contributed by atoms with Gasteiger partial charge in [0, 0.05) is 0 Å². The first-order valence-electron chi connectivity index (χ1n) is 8.63. The molecule has 3 aromatic rings. The Morgan fingerprint density at radius 3 is 2.25 bits per heavy atom. The summed E-state index contributed by atoms with van der Waals surface area (Å²) in [6.45, 7) is 2.13. The van der Waals surface area contributed by atoms with Gasteiger partial charge in [0.15, 0.2) is 11.5 Å². The summed E-state index contributed by atoms with van der Waals surface area (Å²) < 4.78 is 39.4. The molecule has 0 unspecified atom stereocenters. The van der Waals surface area contributed by atoms with E-state index in [1.807, 2.05) is 37.3 Å². The fraction of sp³-hybridized carbons (Fsp3) is 0.143. The van der Waals surface area contributed by atoms with Crippen molar-refractivity contribution in [3.63, 3.8) is 0 Å². The SMILES string of the molecule is COc1c(N)ccc(NS(=O)(=O)c2ccc(C)cc2)c1OCc1ccccc1. The third-order valence-corrected chi connectivity index (χ3v) is 5.53. The number of sulfonamides is 1. The topological polar surface area (TPSA) is 90.6 Å². The summed E-state index contributed by atoms with van der Waals surface area (Å²) in [5, 5.41) is 0. The Balaban J connectivity index is 1.94. The third-order valence-electron chi connectivity index (χ3n) is 4.15. The van der Waals surface area contributed by atoms with Crippen LogP contribution in [0.3, 0.4) is 0 Å². The van der Waals surface area contributed by atoms with Gasteiger partial charge >= 0.3 is 0 Å². The summed E-state index contributed by atoms with van der Waals surface area (Å²) in [5.74, 6) is 0.516. The van der Waals surface area contributed by atoms with Crippen LogP contribution in [0, 0.1) is 6.92 Å². The van der Waals surface area contributed by atoms with Gasteiger partial charge in [-0.05, 0) is 36.8 Å². The van der Waals surface area contributed by atoms with Crippen molar-refractivity contribution in [3.05, 3.63) is 77.9 Å². The van der Waals surface area contributed by atoms with Crippen molar-refractivity contribution >= 4 is 21.4 Å². The first-order valence-corrected chi connectivity index (χ1v) is 10.1. The maximum atomic E-state index is 12.8. The van der Waals surface area contributed by atoms with Crippen molar-refractivity contribution in [2.45, 2.75) is 18.4 Å². The van der Waals surface area contributed by atoms with E-state index in [0.29, 0.717) is 5.69 Å². The molecule has 3 N–H and O–H groups in total. The molecule has 0 heterocycles. The molecule has 0 amide bonds. The highest BCUT2D eigenvalue weighted by Crippen LogP contribution is 2.41. The van der Waals surface area contributed by atoms with E-state index >= 15 is 0 Å². The lowest BCUT2D eigenvalue weighted by Crippen LogP contribution is -2.14. The van der Waals surface area contributed by atoms with Crippen LogP contribution in [0.4, 0.5) is 11.4 Å². The van der Waals surface area contributed by atoms with Gasteiger partial charge in [-0.3, -0.25) is 4.72 Å². The molecule has 0 saturated carbocycles. The molecule has 0 fully saturated rings. The number of ether oxygens (including phenoxy) is 2. The fourth-order valence-electron chi connectivity index (χ4n) is 2.66. The molecule has 0 aliphatic heterocycles. The highest BCUT2D eigenvalue weighted by atomic mass is 32.2. The Morgan fingerprint density at radius 1 is 0.929 bits per heavy atom. The molecular formula is C21H22N2O4S. The Labute approximate surface area is 165 Å². The quantitative estimate of drug-likeness (QED) is 0.588. The molecule has 7 heteroatoms. The summed E-state index contributed by atoms with van der Waals surface area (Å²) in [6, 6.07) is 19.2. The van der Waals surface area contributed by atoms with E-state index in [9.17, 15) is 8.42 Å². The fourth-order valence-corrected chi connectivity index (χ4v) is 3.73. The largest absolute Gasteiger partial charge is 0.491 e. The predicted octanol–water partition coefficient (Wildman–Crippen LogP) is 3.97. The lowest BCUT2D eigenvalue weighted by Gasteiger charge is -2.18. The molecule has 0 radical (unpaired) electrons. The van der Waals surface area contributed by atoms with Crippen LogP contribution >= 0.6 is 0 Å². The molecule has 0 atom stereocenters. The second kappa shape index (κ2) is 8.22. The minimum Gasteiger partial charge on any atom is -0.491 e. The van der Waals surface area contributed by atoms with Crippen LogP contribution in [0.5, 0.6) is 11.5 Å². The van der Waals surface area contributed by atoms with Gasteiger partial charge < -0.3 is 15.2 Å². The lowest BCUT2D eigenvalue weighted by molar-refractivity contribution is 0.287. The minimum absolute atomic E-state index is 0.155. The lowest BCUT2D eigenvalue weighted by atomic mass is 10.2. The highest BCUT2D eigenvalue weighted by molar-refractivity contribution is 7.92. The number of nitrogens with two attached hydrogens (primary N) is 1. The Kier molecular flexibility index (Phi) is 5.75. The van der Waals surface area contributed by atoms with Crippen LogP contribution in [-0.2, 0) is 16.6 Å². The number of methoxy groups -OCH3 is 1. The van der Waals surface area contributed by atoms with Crippen LogP contribution in [0.25, 0.3) is 0 Å². The van der Waals surface area contributed by atoms with E-state index in [2.05, 4.69) is 4.72 Å². The van der Waals surface area contributed by atoms with Crippen LogP contribution in [-0.4, -0.2) is 15.5 Å². The molecule has 0 aliphatic carbocycles. The Hall–Kier alpha value is -3.19. The summed E-state index contributed by atoms with van der Waals surface area (Å²) in [6.07, 6.45) is 0. The third kappa shape index (κ3) is 4.37. The van der Waals surface area contributed by atoms with Crippen molar-refractivity contribution in [1.29, 1.82) is 0 Å². The molecular weight excluding hydrogens is 376 g/mol. The minimum atomic E-state index is -3.80. The molecule has 0 aromatic heterocycles. The first-order chi connectivity index (χ1) is 13.4. The normalized spacial score (nSPS) is 11.1. The summed E-state index contributed by atoms with van der Waals surface area (Å²) in [7, 11) is -2.34. The van der Waals surface area contributed by atoms with E-state index < -0.39 is 10.0 Å². The smallest absolute Gasteiger partial charge is 0.262 e. The van der Waals surface area contributed by atoms with Gasteiger partial charge in [-0.15, -0.1) is 0 Å².